The molecule has 1 unspecified atom stereocenters. The zero-order valence-corrected chi connectivity index (χ0v) is 16.8. The fourth-order valence-electron chi connectivity index (χ4n) is 4.08. The average molecular weight is 395 g/mol. The van der Waals surface area contributed by atoms with Crippen molar-refractivity contribution in [2.24, 2.45) is 0 Å². The highest BCUT2D eigenvalue weighted by Crippen LogP contribution is 2.33. The number of benzene rings is 2. The Labute approximate surface area is 174 Å². The van der Waals surface area contributed by atoms with Crippen LogP contribution in [0.5, 0.6) is 0 Å². The quantitative estimate of drug-likeness (QED) is 0.546. The third-order valence-corrected chi connectivity index (χ3v) is 5.38. The summed E-state index contributed by atoms with van der Waals surface area (Å²) in [7, 11) is 0. The Morgan fingerprint density at radius 1 is 1.07 bits per heavy atom. The van der Waals surface area contributed by atoms with Crippen LogP contribution in [-0.2, 0) is 6.42 Å². The minimum Gasteiger partial charge on any atom is -0.338 e. The van der Waals surface area contributed by atoms with Gasteiger partial charge in [0.2, 0.25) is 0 Å². The van der Waals surface area contributed by atoms with E-state index in [2.05, 4.69) is 33.3 Å². The summed E-state index contributed by atoms with van der Waals surface area (Å²) in [5.74, 6) is 0.998. The van der Waals surface area contributed by atoms with E-state index >= 15 is 0 Å². The lowest BCUT2D eigenvalue weighted by Gasteiger charge is -2.22. The molecule has 0 saturated heterocycles. The number of fused-ring (bicyclic) bond motifs is 2. The number of para-hydroxylation sites is 2. The Morgan fingerprint density at radius 2 is 1.90 bits per heavy atom. The summed E-state index contributed by atoms with van der Waals surface area (Å²) < 4.78 is 0. The largest absolute Gasteiger partial charge is 0.338 e. The molecule has 3 heterocycles. The number of rotatable bonds is 3. The van der Waals surface area contributed by atoms with Gasteiger partial charge < -0.3 is 10.2 Å². The third-order valence-electron chi connectivity index (χ3n) is 5.38. The van der Waals surface area contributed by atoms with Crippen molar-refractivity contribution < 1.29 is 4.79 Å². The lowest BCUT2D eigenvalue weighted by molar-refractivity contribution is 0.0976. The highest BCUT2D eigenvalue weighted by atomic mass is 16.2. The molecule has 6 heteroatoms. The number of hydrogen-bond acceptors (Lipinski definition) is 5. The first-order valence-electron chi connectivity index (χ1n) is 9.98. The SMILES string of the molecule is Cc1nc(Nc2cccc3cccnc23)cc(C(=O)N2c3ccccc3CC2C)n1. The van der Waals surface area contributed by atoms with Crippen molar-refractivity contribution in [3.63, 3.8) is 0 Å². The highest BCUT2D eigenvalue weighted by Gasteiger charge is 2.32. The average Bonchev–Trinajstić information content (AvgIpc) is 3.09. The molecule has 1 aliphatic rings. The van der Waals surface area contributed by atoms with Crippen LogP contribution >= 0.6 is 0 Å². The Morgan fingerprint density at radius 3 is 2.80 bits per heavy atom. The van der Waals surface area contributed by atoms with E-state index in [1.165, 1.54) is 5.56 Å². The van der Waals surface area contributed by atoms with Crippen molar-refractivity contribution in [3.05, 3.63) is 83.9 Å². The fourth-order valence-corrected chi connectivity index (χ4v) is 4.08. The van der Waals surface area contributed by atoms with Gasteiger partial charge in [-0.05, 0) is 44.0 Å². The lowest BCUT2D eigenvalue weighted by Crippen LogP contribution is -2.36. The Balaban J connectivity index is 1.50. The van der Waals surface area contributed by atoms with E-state index in [0.717, 1.165) is 28.7 Å². The minimum atomic E-state index is -0.114. The summed E-state index contributed by atoms with van der Waals surface area (Å²) in [6, 6.07) is 19.7. The third kappa shape index (κ3) is 3.16. The normalized spacial score (nSPS) is 15.3. The van der Waals surface area contributed by atoms with Crippen LogP contribution in [0.1, 0.15) is 28.8 Å². The fraction of sp³-hybridized carbons (Fsp3) is 0.167. The molecule has 0 bridgehead atoms. The molecule has 1 N–H and O–H groups in total. The number of carbonyl (C=O) groups excluding carboxylic acids is 1. The van der Waals surface area contributed by atoms with Crippen LogP contribution in [0.25, 0.3) is 10.9 Å². The van der Waals surface area contributed by atoms with Crippen LogP contribution in [0.15, 0.2) is 66.9 Å². The predicted molar refractivity (Wildman–Crippen MR) is 118 cm³/mol. The maximum absolute atomic E-state index is 13.4. The van der Waals surface area contributed by atoms with Crippen molar-refractivity contribution in [2.45, 2.75) is 26.3 Å². The number of amides is 1. The minimum absolute atomic E-state index is 0.0869. The smallest absolute Gasteiger partial charge is 0.277 e. The monoisotopic (exact) mass is 395 g/mol. The van der Waals surface area contributed by atoms with E-state index in [4.69, 9.17) is 0 Å². The van der Waals surface area contributed by atoms with Crippen LogP contribution in [0.2, 0.25) is 0 Å². The molecule has 5 rings (SSSR count). The van der Waals surface area contributed by atoms with Gasteiger partial charge in [-0.3, -0.25) is 9.78 Å². The zero-order valence-electron chi connectivity index (χ0n) is 16.8. The van der Waals surface area contributed by atoms with Crippen molar-refractivity contribution in [1.82, 2.24) is 15.0 Å². The van der Waals surface area contributed by atoms with E-state index in [-0.39, 0.29) is 11.9 Å². The van der Waals surface area contributed by atoms with Gasteiger partial charge in [-0.15, -0.1) is 0 Å². The number of anilines is 3. The number of pyridine rings is 1. The topological polar surface area (TPSA) is 71.0 Å². The Bertz CT molecular complexity index is 1260. The Hall–Kier alpha value is -3.80. The van der Waals surface area contributed by atoms with Gasteiger partial charge in [-0.25, -0.2) is 9.97 Å². The summed E-state index contributed by atoms with van der Waals surface area (Å²) in [5, 5.41) is 4.35. The molecule has 0 fully saturated rings. The molecule has 2 aromatic carbocycles. The van der Waals surface area contributed by atoms with Crippen molar-refractivity contribution in [1.29, 1.82) is 0 Å². The first-order valence-corrected chi connectivity index (χ1v) is 9.98. The maximum Gasteiger partial charge on any atom is 0.277 e. The van der Waals surface area contributed by atoms with Crippen molar-refractivity contribution in [2.75, 3.05) is 10.2 Å². The molecular weight excluding hydrogens is 374 g/mol. The summed E-state index contributed by atoms with van der Waals surface area (Å²) >= 11 is 0. The Kier molecular flexibility index (Phi) is 4.39. The molecular formula is C24H21N5O. The van der Waals surface area contributed by atoms with Gasteiger partial charge in [-0.2, -0.15) is 0 Å². The maximum atomic E-state index is 13.4. The number of aromatic nitrogens is 3. The zero-order chi connectivity index (χ0) is 20.7. The van der Waals surface area contributed by atoms with Crippen LogP contribution in [0, 0.1) is 6.92 Å². The van der Waals surface area contributed by atoms with Gasteiger partial charge in [0, 0.05) is 29.4 Å². The van der Waals surface area contributed by atoms with Gasteiger partial charge in [0.25, 0.3) is 5.91 Å². The molecule has 0 saturated carbocycles. The van der Waals surface area contributed by atoms with Crippen LogP contribution < -0.4 is 10.2 Å². The highest BCUT2D eigenvalue weighted by molar-refractivity contribution is 6.07. The van der Waals surface area contributed by atoms with Gasteiger partial charge in [0.1, 0.15) is 17.3 Å². The summed E-state index contributed by atoms with van der Waals surface area (Å²) in [4.78, 5) is 28.6. The summed E-state index contributed by atoms with van der Waals surface area (Å²) in [6.07, 6.45) is 2.61. The van der Waals surface area contributed by atoms with E-state index in [1.54, 1.807) is 19.2 Å². The van der Waals surface area contributed by atoms with Crippen molar-refractivity contribution >= 4 is 34.0 Å². The molecule has 0 aliphatic carbocycles. The predicted octanol–water partition coefficient (Wildman–Crippen LogP) is 4.67. The first kappa shape index (κ1) is 18.2. The molecule has 0 spiro atoms. The van der Waals surface area contributed by atoms with Crippen LogP contribution in [0.4, 0.5) is 17.2 Å². The number of carbonyl (C=O) groups is 1. The molecule has 1 atom stereocenters. The lowest BCUT2D eigenvalue weighted by atomic mass is 10.1. The second kappa shape index (κ2) is 7.22. The summed E-state index contributed by atoms with van der Waals surface area (Å²) in [5.41, 5.74) is 4.21. The number of nitrogens with one attached hydrogen (secondary N) is 1. The first-order chi connectivity index (χ1) is 14.6. The van der Waals surface area contributed by atoms with Gasteiger partial charge >= 0.3 is 0 Å². The number of hydrogen-bond donors (Lipinski definition) is 1. The van der Waals surface area contributed by atoms with E-state index < -0.39 is 0 Å². The molecule has 4 aromatic rings. The summed E-state index contributed by atoms with van der Waals surface area (Å²) in [6.45, 7) is 3.86. The second-order valence-electron chi connectivity index (χ2n) is 7.55. The van der Waals surface area contributed by atoms with Gasteiger partial charge in [0.15, 0.2) is 0 Å². The molecule has 0 radical (unpaired) electrons. The van der Waals surface area contributed by atoms with E-state index in [9.17, 15) is 4.79 Å². The van der Waals surface area contributed by atoms with Gasteiger partial charge in [-0.1, -0.05) is 36.4 Å². The number of nitrogens with zero attached hydrogens (tertiary/aromatic N) is 4. The van der Waals surface area contributed by atoms with Crippen LogP contribution in [0.3, 0.4) is 0 Å². The molecule has 148 valence electrons. The van der Waals surface area contributed by atoms with Gasteiger partial charge in [0.05, 0.1) is 11.2 Å². The second-order valence-corrected chi connectivity index (χ2v) is 7.55. The standard InChI is InChI=1S/C24H21N5O/c1-15-13-18-7-3-4-11-21(18)29(15)24(30)20-14-22(27-16(2)26-20)28-19-10-5-8-17-9-6-12-25-23(17)19/h3-12,14-15H,13H2,1-2H3,(H,26,27,28). The molecule has 6 nitrogen and oxygen atoms in total. The molecule has 30 heavy (non-hydrogen) atoms. The van der Waals surface area contributed by atoms with Crippen LogP contribution in [-0.4, -0.2) is 26.9 Å². The molecule has 2 aromatic heterocycles. The van der Waals surface area contributed by atoms with E-state index in [1.807, 2.05) is 53.4 Å². The molecule has 1 aliphatic heterocycles. The van der Waals surface area contributed by atoms with E-state index in [0.29, 0.717) is 17.3 Å². The molecule has 1 amide bonds. The number of aryl methyl sites for hydroxylation is 1. The van der Waals surface area contributed by atoms with Crippen molar-refractivity contribution in [3.8, 4) is 0 Å².